The van der Waals surface area contributed by atoms with Crippen molar-refractivity contribution < 1.29 is 38.6 Å². The summed E-state index contributed by atoms with van der Waals surface area (Å²) in [6, 6.07) is 5.25. The lowest BCUT2D eigenvalue weighted by Gasteiger charge is -2.50. The lowest BCUT2D eigenvalue weighted by atomic mass is 9.96. The van der Waals surface area contributed by atoms with Gasteiger partial charge in [-0.1, -0.05) is 43.0 Å². The third-order valence-electron chi connectivity index (χ3n) is 6.86. The Hall–Kier alpha value is -3.76. The predicted molar refractivity (Wildman–Crippen MR) is 159 cm³/mol. The Bertz CT molecular complexity index is 1460. The predicted octanol–water partition coefficient (Wildman–Crippen LogP) is 2.14. The van der Waals surface area contributed by atoms with E-state index in [1.54, 1.807) is 45.9 Å². The van der Waals surface area contributed by atoms with Crippen LogP contribution < -0.4 is 5.32 Å². The first-order chi connectivity index (χ1) is 20.8. The zero-order valence-electron chi connectivity index (χ0n) is 24.9. The Morgan fingerprint density at radius 1 is 1.23 bits per heavy atom. The summed E-state index contributed by atoms with van der Waals surface area (Å²) in [4.78, 5) is 65.9. The van der Waals surface area contributed by atoms with E-state index in [0.29, 0.717) is 17.2 Å². The number of H-pyrrole nitrogens is 1. The Morgan fingerprint density at radius 3 is 2.61 bits per heavy atom. The number of hydrogen-bond acceptors (Lipinski definition) is 13. The molecule has 2 aliphatic heterocycles. The highest BCUT2D eigenvalue weighted by Gasteiger charge is 2.55. The normalized spacial score (nSPS) is 19.4. The molecule has 1 aromatic heterocycles. The van der Waals surface area contributed by atoms with Crippen molar-refractivity contribution in [3.05, 3.63) is 46.7 Å². The van der Waals surface area contributed by atoms with Gasteiger partial charge in [0.2, 0.25) is 11.9 Å². The van der Waals surface area contributed by atoms with E-state index in [1.807, 2.05) is 6.92 Å². The quantitative estimate of drug-likeness (QED) is 0.0999. The van der Waals surface area contributed by atoms with Crippen molar-refractivity contribution in [2.24, 2.45) is 5.41 Å². The number of tetrazole rings is 1. The second-order valence-electron chi connectivity index (χ2n) is 11.1. The molecule has 0 aliphatic carbocycles. The fourth-order valence-electron chi connectivity index (χ4n) is 4.52. The van der Waals surface area contributed by atoms with Crippen LogP contribution >= 0.6 is 23.5 Å². The van der Waals surface area contributed by atoms with Crippen LogP contribution in [0.15, 0.2) is 40.7 Å². The van der Waals surface area contributed by atoms with Crippen molar-refractivity contribution in [1.82, 2.24) is 30.8 Å². The number of benzene rings is 1. The second-order valence-corrected chi connectivity index (χ2v) is 13.5. The standard InChI is InChI=1S/C28H34N6O8S2/c1-6-9-18(35)15-10-7-8-11-16(15)21(36)22(37)29-19-23(38)34-20(25(39)41-13-42-26(40)28(3,4)5)17(12-43-24(19)34)14(2)44-27-30-32-33-31-27/h7-8,10-11,14,19,21,24,36H,6,9,12-13H2,1-5H3,(H,29,37)(H,30,31,32,33)/t14?,19?,21?,24-/m0/s1. The zero-order valence-corrected chi connectivity index (χ0v) is 26.5. The molecule has 16 heteroatoms. The molecule has 2 amide bonds. The van der Waals surface area contributed by atoms with E-state index in [-0.39, 0.29) is 40.0 Å². The van der Waals surface area contributed by atoms with E-state index in [9.17, 15) is 29.1 Å². The SMILES string of the molecule is CCCC(=O)c1ccccc1C(O)C(=O)NC1C(=O)N2C(C(=O)OCOC(=O)C(C)(C)C)=C(C(C)Sc3nn[nH]n3)CS[C@@H]12. The van der Waals surface area contributed by atoms with Gasteiger partial charge in [0.25, 0.3) is 11.8 Å². The molecule has 3 unspecified atom stereocenters. The van der Waals surface area contributed by atoms with Crippen molar-refractivity contribution in [2.75, 3.05) is 12.5 Å². The smallest absolute Gasteiger partial charge is 0.357 e. The number of carbonyl (C=O) groups excluding carboxylic acids is 5. The van der Waals surface area contributed by atoms with Gasteiger partial charge in [0.05, 0.1) is 5.41 Å². The lowest BCUT2D eigenvalue weighted by Crippen LogP contribution is -2.71. The Morgan fingerprint density at radius 2 is 1.95 bits per heavy atom. The average Bonchev–Trinajstić information content (AvgIpc) is 3.50. The molecular weight excluding hydrogens is 612 g/mol. The maximum Gasteiger partial charge on any atom is 0.357 e. The molecule has 4 atom stereocenters. The van der Waals surface area contributed by atoms with Gasteiger partial charge in [-0.15, -0.1) is 22.0 Å². The number of rotatable bonds is 12. The highest BCUT2D eigenvalue weighted by atomic mass is 32.2. The molecule has 2 aromatic rings. The molecule has 0 bridgehead atoms. The van der Waals surface area contributed by atoms with Gasteiger partial charge in [0.15, 0.2) is 11.9 Å². The van der Waals surface area contributed by atoms with Gasteiger partial charge in [-0.3, -0.25) is 24.1 Å². The van der Waals surface area contributed by atoms with Gasteiger partial charge in [-0.25, -0.2) is 4.79 Å². The number of nitrogens with zero attached hydrogens (tertiary/aromatic N) is 4. The van der Waals surface area contributed by atoms with Crippen molar-refractivity contribution in [3.63, 3.8) is 0 Å². The molecule has 0 radical (unpaired) electrons. The van der Waals surface area contributed by atoms with Gasteiger partial charge in [-0.05, 0) is 44.9 Å². The van der Waals surface area contributed by atoms with Crippen molar-refractivity contribution in [1.29, 1.82) is 0 Å². The number of amides is 2. The number of β-lactam (4-membered cyclic amide) rings is 1. The number of aliphatic hydroxyl groups excluding tert-OH is 1. The molecule has 3 heterocycles. The number of fused-ring (bicyclic) bond motifs is 1. The number of ketones is 1. The Balaban J connectivity index is 1.52. The number of carbonyl (C=O) groups is 5. The number of Topliss-reactive ketones (excluding diaryl/α,β-unsaturated/α-hetero) is 1. The highest BCUT2D eigenvalue weighted by molar-refractivity contribution is 8.01. The number of esters is 2. The Kier molecular flexibility index (Phi) is 10.5. The second kappa shape index (κ2) is 13.9. The minimum absolute atomic E-state index is 0.0318. The van der Waals surface area contributed by atoms with E-state index in [1.165, 1.54) is 34.5 Å². The van der Waals surface area contributed by atoms with Crippen LogP contribution in [0.4, 0.5) is 0 Å². The van der Waals surface area contributed by atoms with Crippen LogP contribution in [0, 0.1) is 5.41 Å². The third kappa shape index (κ3) is 7.13. The molecule has 1 aromatic carbocycles. The van der Waals surface area contributed by atoms with Crippen LogP contribution in [-0.4, -0.2) is 89.4 Å². The van der Waals surface area contributed by atoms with E-state index >= 15 is 0 Å². The molecule has 0 spiro atoms. The molecule has 1 saturated heterocycles. The number of hydrogen-bond donors (Lipinski definition) is 3. The van der Waals surface area contributed by atoms with Gasteiger partial charge in [-0.2, -0.15) is 5.21 Å². The molecular formula is C28H34N6O8S2. The van der Waals surface area contributed by atoms with Crippen LogP contribution in [-0.2, 0) is 28.7 Å². The minimum Gasteiger partial charge on any atom is -0.427 e. The fourth-order valence-corrected chi connectivity index (χ4v) is 6.93. The first-order valence-electron chi connectivity index (χ1n) is 13.9. The van der Waals surface area contributed by atoms with Gasteiger partial charge in [0.1, 0.15) is 17.1 Å². The number of ether oxygens (including phenoxy) is 2. The summed E-state index contributed by atoms with van der Waals surface area (Å²) in [6.45, 7) is 7.98. The summed E-state index contributed by atoms with van der Waals surface area (Å²) in [7, 11) is 0. The van der Waals surface area contributed by atoms with Crippen LogP contribution in [0.5, 0.6) is 0 Å². The minimum atomic E-state index is -1.69. The van der Waals surface area contributed by atoms with Gasteiger partial charge < -0.3 is 19.9 Å². The summed E-state index contributed by atoms with van der Waals surface area (Å²) < 4.78 is 10.4. The topological polar surface area (TPSA) is 194 Å². The van der Waals surface area contributed by atoms with E-state index in [2.05, 4.69) is 25.9 Å². The monoisotopic (exact) mass is 646 g/mol. The number of aromatic nitrogens is 4. The van der Waals surface area contributed by atoms with Crippen molar-refractivity contribution in [3.8, 4) is 0 Å². The summed E-state index contributed by atoms with van der Waals surface area (Å²) in [5.41, 5.74) is 0.0904. The summed E-state index contributed by atoms with van der Waals surface area (Å²) in [5.74, 6) is -2.81. The zero-order chi connectivity index (χ0) is 32.2. The van der Waals surface area contributed by atoms with Gasteiger partial charge >= 0.3 is 11.9 Å². The molecule has 2 aliphatic rings. The Labute approximate surface area is 262 Å². The molecule has 1 fully saturated rings. The third-order valence-corrected chi connectivity index (χ3v) is 9.19. The average molecular weight is 647 g/mol. The van der Waals surface area contributed by atoms with Crippen LogP contribution in [0.25, 0.3) is 0 Å². The first kappa shape index (κ1) is 33.1. The maximum atomic E-state index is 13.5. The molecule has 4 rings (SSSR count). The largest absolute Gasteiger partial charge is 0.427 e. The van der Waals surface area contributed by atoms with E-state index < -0.39 is 53.5 Å². The summed E-state index contributed by atoms with van der Waals surface area (Å²) in [5, 5.41) is 26.5. The summed E-state index contributed by atoms with van der Waals surface area (Å²) in [6.07, 6.45) is -0.833. The molecule has 236 valence electrons. The highest BCUT2D eigenvalue weighted by Crippen LogP contribution is 2.44. The van der Waals surface area contributed by atoms with E-state index in [0.717, 1.165) is 0 Å². The van der Waals surface area contributed by atoms with Crippen LogP contribution in [0.1, 0.15) is 69.5 Å². The van der Waals surface area contributed by atoms with Gasteiger partial charge in [0, 0.05) is 28.6 Å². The number of nitrogens with one attached hydrogen (secondary N) is 2. The fraction of sp³-hybridized carbons (Fsp3) is 0.500. The molecule has 44 heavy (non-hydrogen) atoms. The number of aromatic amines is 1. The lowest BCUT2D eigenvalue weighted by molar-refractivity contribution is -0.173. The number of thioether (sulfide) groups is 2. The van der Waals surface area contributed by atoms with Crippen LogP contribution in [0.2, 0.25) is 0 Å². The first-order valence-corrected chi connectivity index (χ1v) is 15.8. The van der Waals surface area contributed by atoms with E-state index in [4.69, 9.17) is 9.47 Å². The summed E-state index contributed by atoms with van der Waals surface area (Å²) >= 11 is 2.53. The molecule has 3 N–H and O–H groups in total. The molecule has 0 saturated carbocycles. The maximum absolute atomic E-state index is 13.5. The number of aliphatic hydroxyl groups is 1. The molecule has 14 nitrogen and oxygen atoms in total. The van der Waals surface area contributed by atoms with Crippen molar-refractivity contribution >= 4 is 53.1 Å². The van der Waals surface area contributed by atoms with Crippen molar-refractivity contribution in [2.45, 2.75) is 75.4 Å². The van der Waals surface area contributed by atoms with Crippen LogP contribution in [0.3, 0.4) is 0 Å².